The molecule has 1 aromatic rings. The van der Waals surface area contributed by atoms with E-state index in [-0.39, 0.29) is 0 Å². The van der Waals surface area contributed by atoms with Crippen LogP contribution in [0, 0.1) is 0 Å². The average Bonchev–Trinajstić information content (AvgIpc) is 2.63. The second-order valence-electron chi connectivity index (χ2n) is 4.21. The van der Waals surface area contributed by atoms with Crippen molar-refractivity contribution in [2.24, 2.45) is 0 Å². The van der Waals surface area contributed by atoms with Gasteiger partial charge in [0.1, 0.15) is 0 Å². The van der Waals surface area contributed by atoms with Crippen LogP contribution in [0.15, 0.2) is 18.5 Å². The van der Waals surface area contributed by atoms with E-state index in [9.17, 15) is 0 Å². The van der Waals surface area contributed by atoms with Crippen molar-refractivity contribution in [2.75, 3.05) is 26.2 Å². The Hall–Kier alpha value is -0.800. The zero-order valence-electron chi connectivity index (χ0n) is 9.50. The van der Waals surface area contributed by atoms with Crippen molar-refractivity contribution in [1.82, 2.24) is 15.2 Å². The fourth-order valence-corrected chi connectivity index (χ4v) is 2.43. The quantitative estimate of drug-likeness (QED) is 0.791. The molecule has 0 radical (unpaired) electrons. The van der Waals surface area contributed by atoms with Gasteiger partial charge < -0.3 is 10.3 Å². The number of H-pyrrole nitrogens is 1. The molecule has 0 amide bonds. The highest BCUT2D eigenvalue weighted by Crippen LogP contribution is 2.23. The molecule has 2 N–H and O–H groups in total. The molecule has 1 unspecified atom stereocenters. The maximum Gasteiger partial charge on any atom is 0.0360 e. The molecular formula is C12H21N3. The molecule has 84 valence electrons. The summed E-state index contributed by atoms with van der Waals surface area (Å²) < 4.78 is 0. The van der Waals surface area contributed by atoms with Crippen LogP contribution < -0.4 is 5.32 Å². The van der Waals surface area contributed by atoms with E-state index in [1.807, 2.05) is 6.20 Å². The van der Waals surface area contributed by atoms with E-state index in [0.29, 0.717) is 6.04 Å². The second-order valence-corrected chi connectivity index (χ2v) is 4.21. The predicted octanol–water partition coefficient (Wildman–Crippen LogP) is 1.76. The van der Waals surface area contributed by atoms with Gasteiger partial charge in [0.15, 0.2) is 0 Å². The summed E-state index contributed by atoms with van der Waals surface area (Å²) in [6.45, 7) is 6.96. The van der Waals surface area contributed by atoms with Crippen LogP contribution in [0.1, 0.15) is 31.4 Å². The average molecular weight is 207 g/mol. The van der Waals surface area contributed by atoms with Gasteiger partial charge in [-0.15, -0.1) is 0 Å². The number of rotatable bonds is 3. The van der Waals surface area contributed by atoms with Gasteiger partial charge in [-0.1, -0.05) is 6.92 Å². The van der Waals surface area contributed by atoms with E-state index in [1.54, 1.807) is 0 Å². The van der Waals surface area contributed by atoms with Gasteiger partial charge in [-0.3, -0.25) is 4.90 Å². The van der Waals surface area contributed by atoms with Crippen molar-refractivity contribution >= 4 is 0 Å². The van der Waals surface area contributed by atoms with Crippen molar-refractivity contribution in [3.8, 4) is 0 Å². The molecule has 0 aromatic carbocycles. The maximum absolute atomic E-state index is 3.45. The first-order chi connectivity index (χ1) is 7.42. The molecule has 2 heterocycles. The van der Waals surface area contributed by atoms with Gasteiger partial charge in [-0.2, -0.15) is 0 Å². The molecule has 3 nitrogen and oxygen atoms in total. The number of nitrogens with zero attached hydrogens (tertiary/aromatic N) is 1. The SMILES string of the molecule is CCC(c1cc[nH]c1)N1CCCNCC1. The van der Waals surface area contributed by atoms with E-state index in [1.165, 1.54) is 38.0 Å². The van der Waals surface area contributed by atoms with Crippen molar-refractivity contribution in [3.05, 3.63) is 24.0 Å². The minimum Gasteiger partial charge on any atom is -0.367 e. The Morgan fingerprint density at radius 2 is 2.33 bits per heavy atom. The summed E-state index contributed by atoms with van der Waals surface area (Å²) >= 11 is 0. The van der Waals surface area contributed by atoms with Gasteiger partial charge in [0, 0.05) is 38.1 Å². The smallest absolute Gasteiger partial charge is 0.0360 e. The normalized spacial score (nSPS) is 21.1. The third-order valence-electron chi connectivity index (χ3n) is 3.21. The van der Waals surface area contributed by atoms with Gasteiger partial charge in [0.05, 0.1) is 0 Å². The van der Waals surface area contributed by atoms with Gasteiger partial charge in [-0.05, 0) is 31.0 Å². The number of hydrogen-bond acceptors (Lipinski definition) is 2. The Balaban J connectivity index is 2.04. The molecule has 3 heteroatoms. The zero-order valence-corrected chi connectivity index (χ0v) is 9.50. The van der Waals surface area contributed by atoms with Crippen molar-refractivity contribution in [3.63, 3.8) is 0 Å². The van der Waals surface area contributed by atoms with E-state index >= 15 is 0 Å². The van der Waals surface area contributed by atoms with Crippen LogP contribution in [0.5, 0.6) is 0 Å². The van der Waals surface area contributed by atoms with Crippen LogP contribution in [-0.2, 0) is 0 Å². The Morgan fingerprint density at radius 3 is 3.07 bits per heavy atom. The molecule has 15 heavy (non-hydrogen) atoms. The lowest BCUT2D eigenvalue weighted by atomic mass is 10.1. The molecule has 1 aliphatic heterocycles. The topological polar surface area (TPSA) is 31.1 Å². The van der Waals surface area contributed by atoms with Crippen molar-refractivity contribution in [1.29, 1.82) is 0 Å². The Morgan fingerprint density at radius 1 is 1.40 bits per heavy atom. The highest BCUT2D eigenvalue weighted by Gasteiger charge is 2.19. The highest BCUT2D eigenvalue weighted by atomic mass is 15.2. The third kappa shape index (κ3) is 2.61. The zero-order chi connectivity index (χ0) is 10.5. The summed E-state index contributed by atoms with van der Waals surface area (Å²) in [7, 11) is 0. The highest BCUT2D eigenvalue weighted by molar-refractivity contribution is 5.14. The van der Waals surface area contributed by atoms with Gasteiger partial charge in [0.2, 0.25) is 0 Å². The number of hydrogen-bond donors (Lipinski definition) is 2. The lowest BCUT2D eigenvalue weighted by Crippen LogP contribution is -2.31. The van der Waals surface area contributed by atoms with Gasteiger partial charge in [-0.25, -0.2) is 0 Å². The molecule has 0 bridgehead atoms. The summed E-state index contributed by atoms with van der Waals surface area (Å²) in [5.74, 6) is 0. The van der Waals surface area contributed by atoms with Crippen molar-refractivity contribution in [2.45, 2.75) is 25.8 Å². The molecular weight excluding hydrogens is 186 g/mol. The van der Waals surface area contributed by atoms with Crippen LogP contribution in [0.4, 0.5) is 0 Å². The van der Waals surface area contributed by atoms with E-state index in [4.69, 9.17) is 0 Å². The molecule has 1 fully saturated rings. The lowest BCUT2D eigenvalue weighted by molar-refractivity contribution is 0.205. The van der Waals surface area contributed by atoms with E-state index in [2.05, 4.69) is 34.4 Å². The summed E-state index contributed by atoms with van der Waals surface area (Å²) in [6.07, 6.45) is 6.61. The first-order valence-corrected chi connectivity index (χ1v) is 5.99. The molecule has 0 saturated carbocycles. The molecule has 1 aromatic heterocycles. The summed E-state index contributed by atoms with van der Waals surface area (Å²) in [6, 6.07) is 2.79. The van der Waals surface area contributed by atoms with E-state index < -0.39 is 0 Å². The first-order valence-electron chi connectivity index (χ1n) is 5.99. The maximum atomic E-state index is 3.45. The number of nitrogens with one attached hydrogen (secondary N) is 2. The Labute approximate surface area is 91.9 Å². The molecule has 0 spiro atoms. The summed E-state index contributed by atoms with van der Waals surface area (Å²) in [5, 5.41) is 3.45. The Kier molecular flexibility index (Phi) is 3.80. The third-order valence-corrected chi connectivity index (χ3v) is 3.21. The van der Waals surface area contributed by atoms with Crippen LogP contribution >= 0.6 is 0 Å². The minimum atomic E-state index is 0.594. The van der Waals surface area contributed by atoms with Crippen LogP contribution in [-0.4, -0.2) is 36.1 Å². The largest absolute Gasteiger partial charge is 0.367 e. The number of aromatic amines is 1. The fraction of sp³-hybridized carbons (Fsp3) is 0.667. The number of aromatic nitrogens is 1. The molecule has 1 atom stereocenters. The standard InChI is InChI=1S/C12H21N3/c1-2-12(11-4-6-14-10-11)15-8-3-5-13-7-9-15/h4,6,10,12-14H,2-3,5,7-9H2,1H3. The lowest BCUT2D eigenvalue weighted by Gasteiger charge is -2.29. The minimum absolute atomic E-state index is 0.594. The first kappa shape index (κ1) is 10.7. The second kappa shape index (κ2) is 5.33. The van der Waals surface area contributed by atoms with Gasteiger partial charge >= 0.3 is 0 Å². The van der Waals surface area contributed by atoms with Crippen LogP contribution in [0.3, 0.4) is 0 Å². The summed E-state index contributed by atoms with van der Waals surface area (Å²) in [5.41, 5.74) is 1.43. The van der Waals surface area contributed by atoms with E-state index in [0.717, 1.165) is 6.54 Å². The van der Waals surface area contributed by atoms with Crippen LogP contribution in [0.2, 0.25) is 0 Å². The van der Waals surface area contributed by atoms with Gasteiger partial charge in [0.25, 0.3) is 0 Å². The monoisotopic (exact) mass is 207 g/mol. The molecule has 2 rings (SSSR count). The van der Waals surface area contributed by atoms with Crippen molar-refractivity contribution < 1.29 is 0 Å². The summed E-state index contributed by atoms with van der Waals surface area (Å²) in [4.78, 5) is 5.76. The van der Waals surface area contributed by atoms with Crippen LogP contribution in [0.25, 0.3) is 0 Å². The predicted molar refractivity (Wildman–Crippen MR) is 62.9 cm³/mol. The molecule has 1 aliphatic rings. The molecule has 0 aliphatic carbocycles. The fourth-order valence-electron chi connectivity index (χ4n) is 2.43. The molecule has 1 saturated heterocycles. The Bertz CT molecular complexity index is 260.